The second-order valence-corrected chi connectivity index (χ2v) is 8.87. The van der Waals surface area contributed by atoms with E-state index in [-0.39, 0.29) is 12.2 Å². The summed E-state index contributed by atoms with van der Waals surface area (Å²) in [6.45, 7) is 6.75. The van der Waals surface area contributed by atoms with Crippen LogP contribution < -0.4 is 4.74 Å². The average Bonchev–Trinajstić information content (AvgIpc) is 3.38. The lowest BCUT2D eigenvalue weighted by molar-refractivity contribution is 0.0275. The van der Waals surface area contributed by atoms with Gasteiger partial charge in [0.15, 0.2) is 0 Å². The molecule has 1 fully saturated rings. The third-order valence-electron chi connectivity index (χ3n) is 5.08. The maximum atomic E-state index is 12.2. The molecule has 3 aromatic rings. The monoisotopic (exact) mass is 430 g/mol. The van der Waals surface area contributed by atoms with Gasteiger partial charge in [0.1, 0.15) is 28.8 Å². The van der Waals surface area contributed by atoms with Gasteiger partial charge in [-0.3, -0.25) is 0 Å². The second-order valence-electron chi connectivity index (χ2n) is 8.87. The Labute approximate surface area is 187 Å². The average molecular weight is 431 g/mol. The van der Waals surface area contributed by atoms with Gasteiger partial charge in [0, 0.05) is 18.4 Å². The normalized spacial score (nSPS) is 16.4. The van der Waals surface area contributed by atoms with Crippen molar-refractivity contribution >= 4 is 29.2 Å². The Morgan fingerprint density at radius 1 is 1.16 bits per heavy atom. The van der Waals surface area contributed by atoms with E-state index in [4.69, 9.17) is 19.2 Å². The molecular weight excluding hydrogens is 404 g/mol. The molecule has 1 amide bonds. The maximum Gasteiger partial charge on any atom is 0.410 e. The van der Waals surface area contributed by atoms with Gasteiger partial charge in [-0.1, -0.05) is 18.2 Å². The molecule has 0 unspecified atom stereocenters. The van der Waals surface area contributed by atoms with Crippen LogP contribution in [0.3, 0.4) is 0 Å². The summed E-state index contributed by atoms with van der Waals surface area (Å²) < 4.78 is 17.3. The molecule has 0 bridgehead atoms. The van der Waals surface area contributed by atoms with E-state index in [1.54, 1.807) is 11.0 Å². The van der Waals surface area contributed by atoms with Crippen molar-refractivity contribution in [3.05, 3.63) is 65.4 Å². The molecule has 6 nitrogen and oxygen atoms in total. The van der Waals surface area contributed by atoms with Gasteiger partial charge in [-0.2, -0.15) is 5.26 Å². The lowest BCUT2D eigenvalue weighted by Crippen LogP contribution is -2.36. The predicted molar refractivity (Wildman–Crippen MR) is 123 cm³/mol. The number of hydrogen-bond acceptors (Lipinski definition) is 5. The van der Waals surface area contributed by atoms with Crippen LogP contribution in [0, 0.1) is 11.3 Å². The fourth-order valence-corrected chi connectivity index (χ4v) is 3.56. The number of carbonyl (C=O) groups is 1. The molecular formula is C26H26N2O4. The number of carbonyl (C=O) groups excluding carboxylic acids is 1. The molecule has 0 radical (unpaired) electrons. The van der Waals surface area contributed by atoms with Gasteiger partial charge in [-0.15, -0.1) is 0 Å². The highest BCUT2D eigenvalue weighted by Crippen LogP contribution is 2.24. The molecule has 2 aromatic carbocycles. The molecule has 1 saturated heterocycles. The molecule has 0 spiro atoms. The van der Waals surface area contributed by atoms with Crippen molar-refractivity contribution in [3.63, 3.8) is 0 Å². The van der Waals surface area contributed by atoms with Crippen LogP contribution in [-0.2, 0) is 4.74 Å². The van der Waals surface area contributed by atoms with E-state index < -0.39 is 5.60 Å². The largest absolute Gasteiger partial charge is 0.489 e. The number of ether oxygens (including phenoxy) is 2. The Morgan fingerprint density at radius 2 is 1.94 bits per heavy atom. The van der Waals surface area contributed by atoms with Crippen LogP contribution in [0.15, 0.2) is 52.9 Å². The van der Waals surface area contributed by atoms with E-state index in [1.807, 2.05) is 75.4 Å². The van der Waals surface area contributed by atoms with Crippen LogP contribution in [0.4, 0.5) is 4.79 Å². The van der Waals surface area contributed by atoms with E-state index in [1.165, 1.54) is 0 Å². The number of nitrogens with zero attached hydrogens (tertiary/aromatic N) is 2. The van der Waals surface area contributed by atoms with Gasteiger partial charge in [-0.25, -0.2) is 4.79 Å². The number of rotatable bonds is 4. The first-order chi connectivity index (χ1) is 15.3. The van der Waals surface area contributed by atoms with E-state index in [9.17, 15) is 4.79 Å². The molecule has 1 aliphatic heterocycles. The Hall–Kier alpha value is -3.72. The molecule has 32 heavy (non-hydrogen) atoms. The summed E-state index contributed by atoms with van der Waals surface area (Å²) in [5.41, 5.74) is 1.88. The van der Waals surface area contributed by atoms with Crippen LogP contribution in [-0.4, -0.2) is 35.8 Å². The standard InChI is InChI=1S/C26H26N2O4/c1-26(2,3)32-25(29)28-13-12-23(17-28)30-21-8-4-18(5-9-21)6-10-22-15-20-14-19(16-27)7-11-24(20)31-22/h4-11,14-15,23H,12-13,17H2,1-3H3/b10-6+/t23-/m0/s1. The summed E-state index contributed by atoms with van der Waals surface area (Å²) in [6, 6.07) is 17.2. The summed E-state index contributed by atoms with van der Waals surface area (Å²) in [6.07, 6.45) is 4.31. The van der Waals surface area contributed by atoms with Gasteiger partial charge in [0.25, 0.3) is 0 Å². The van der Waals surface area contributed by atoms with Crippen molar-refractivity contribution in [2.24, 2.45) is 0 Å². The zero-order valence-electron chi connectivity index (χ0n) is 18.5. The molecule has 0 aliphatic carbocycles. The molecule has 164 valence electrons. The fraction of sp³-hybridized carbons (Fsp3) is 0.308. The Bertz CT molecular complexity index is 1180. The SMILES string of the molecule is CC(C)(C)OC(=O)N1CC[C@H](Oc2ccc(/C=C/c3cc4cc(C#N)ccc4o3)cc2)C1. The van der Waals surface area contributed by atoms with Gasteiger partial charge < -0.3 is 18.8 Å². The number of likely N-dealkylation sites (tertiary alicyclic amines) is 1. The molecule has 6 heteroatoms. The van der Waals surface area contributed by atoms with Crippen molar-refractivity contribution < 1.29 is 18.7 Å². The number of nitriles is 1. The van der Waals surface area contributed by atoms with Crippen molar-refractivity contribution in [1.29, 1.82) is 5.26 Å². The highest BCUT2D eigenvalue weighted by Gasteiger charge is 2.30. The predicted octanol–water partition coefficient (Wildman–Crippen LogP) is 5.86. The first-order valence-electron chi connectivity index (χ1n) is 10.7. The third-order valence-corrected chi connectivity index (χ3v) is 5.08. The minimum atomic E-state index is -0.499. The topological polar surface area (TPSA) is 75.7 Å². The third kappa shape index (κ3) is 5.30. The van der Waals surface area contributed by atoms with Crippen molar-refractivity contribution in [2.75, 3.05) is 13.1 Å². The zero-order valence-corrected chi connectivity index (χ0v) is 18.5. The van der Waals surface area contributed by atoms with Crippen molar-refractivity contribution in [1.82, 2.24) is 4.90 Å². The van der Waals surface area contributed by atoms with E-state index in [0.717, 1.165) is 34.5 Å². The lowest BCUT2D eigenvalue weighted by atomic mass is 10.1. The van der Waals surface area contributed by atoms with Crippen LogP contribution in [0.5, 0.6) is 5.75 Å². The van der Waals surface area contributed by atoms with E-state index >= 15 is 0 Å². The fourth-order valence-electron chi connectivity index (χ4n) is 3.56. The molecule has 1 aliphatic rings. The lowest BCUT2D eigenvalue weighted by Gasteiger charge is -2.24. The molecule has 1 atom stereocenters. The zero-order chi connectivity index (χ0) is 22.7. The second kappa shape index (κ2) is 8.80. The number of furan rings is 1. The molecule has 0 N–H and O–H groups in total. The summed E-state index contributed by atoms with van der Waals surface area (Å²) in [7, 11) is 0. The van der Waals surface area contributed by atoms with Crippen LogP contribution in [0.1, 0.15) is 44.1 Å². The van der Waals surface area contributed by atoms with Crippen molar-refractivity contribution in [2.45, 2.75) is 38.9 Å². The highest BCUT2D eigenvalue weighted by molar-refractivity contribution is 5.83. The number of benzene rings is 2. The van der Waals surface area contributed by atoms with Gasteiger partial charge >= 0.3 is 6.09 Å². The quantitative estimate of drug-likeness (QED) is 0.518. The summed E-state index contributed by atoms with van der Waals surface area (Å²) in [5, 5.41) is 9.92. The Balaban J connectivity index is 1.34. The molecule has 2 heterocycles. The molecule has 4 rings (SSSR count). The van der Waals surface area contributed by atoms with Gasteiger partial charge in [0.2, 0.25) is 0 Å². The summed E-state index contributed by atoms with van der Waals surface area (Å²) in [5.74, 6) is 1.49. The smallest absolute Gasteiger partial charge is 0.410 e. The van der Waals surface area contributed by atoms with Crippen molar-refractivity contribution in [3.8, 4) is 11.8 Å². The van der Waals surface area contributed by atoms with E-state index in [2.05, 4.69) is 6.07 Å². The summed E-state index contributed by atoms with van der Waals surface area (Å²) in [4.78, 5) is 13.9. The minimum absolute atomic E-state index is 0.0437. The van der Waals surface area contributed by atoms with E-state index in [0.29, 0.717) is 18.7 Å². The van der Waals surface area contributed by atoms with Gasteiger partial charge in [-0.05, 0) is 68.8 Å². The van der Waals surface area contributed by atoms with Crippen LogP contribution in [0.25, 0.3) is 23.1 Å². The molecule has 1 aromatic heterocycles. The minimum Gasteiger partial charge on any atom is -0.489 e. The first kappa shape index (κ1) is 21.5. The molecule has 0 saturated carbocycles. The maximum absolute atomic E-state index is 12.2. The highest BCUT2D eigenvalue weighted by atomic mass is 16.6. The number of amides is 1. The van der Waals surface area contributed by atoms with Gasteiger partial charge in [0.05, 0.1) is 18.2 Å². The number of hydrogen-bond donors (Lipinski definition) is 0. The van der Waals surface area contributed by atoms with Crippen LogP contribution in [0.2, 0.25) is 0 Å². The summed E-state index contributed by atoms with van der Waals surface area (Å²) >= 11 is 0. The number of fused-ring (bicyclic) bond motifs is 1. The first-order valence-corrected chi connectivity index (χ1v) is 10.7. The Kier molecular flexibility index (Phi) is 5.91. The Morgan fingerprint density at radius 3 is 2.66 bits per heavy atom. The van der Waals surface area contributed by atoms with Crippen LogP contribution >= 0.6 is 0 Å².